The molecule has 0 bridgehead atoms. The van der Waals surface area contributed by atoms with Crippen molar-refractivity contribution in [3.05, 3.63) is 39.0 Å². The standard InChI is InChI=1S/C5H11N.C5H10N.CH3.U/c2*1-3-4-5-6-2;;/h4-6H,3H2,1-2H3;4-6H,2-3H2,1H3;1H3;/q;2*-1;+2. The fraction of sp³-hybridized carbons (Fsp3) is 0.455. The predicted octanol–water partition coefficient (Wildman–Crippen LogP) is 2.87. The van der Waals surface area contributed by atoms with Crippen LogP contribution in [0.2, 0.25) is 0 Å². The third-order valence-corrected chi connectivity index (χ3v) is 0.992. The van der Waals surface area contributed by atoms with Crippen LogP contribution in [0.3, 0.4) is 0 Å². The Hall–Kier alpha value is 0.132. The van der Waals surface area contributed by atoms with E-state index < -0.39 is 0 Å². The molecule has 82 valence electrons. The van der Waals surface area contributed by atoms with Crippen molar-refractivity contribution < 1.29 is 31.1 Å². The largest absolute Gasteiger partial charge is 2.00 e. The maximum atomic E-state index is 3.39. The number of allylic oxidation sites excluding steroid dienone is 2. The first-order valence-corrected chi connectivity index (χ1v) is 4.33. The molecule has 0 rings (SSSR count). The van der Waals surface area contributed by atoms with Crippen LogP contribution in [0.1, 0.15) is 26.7 Å². The quantitative estimate of drug-likeness (QED) is 0.681. The Balaban J connectivity index is -0.0000000625. The normalized spacial score (nSPS) is 8.29. The van der Waals surface area contributed by atoms with Gasteiger partial charge in [-0.3, -0.25) is 7.05 Å². The Morgan fingerprint density at radius 1 is 1.07 bits per heavy atom. The van der Waals surface area contributed by atoms with Crippen molar-refractivity contribution in [1.82, 2.24) is 10.6 Å². The van der Waals surface area contributed by atoms with Gasteiger partial charge in [0.1, 0.15) is 0 Å². The molecule has 0 radical (unpaired) electrons. The van der Waals surface area contributed by atoms with E-state index >= 15 is 0 Å². The van der Waals surface area contributed by atoms with Gasteiger partial charge in [-0.1, -0.05) is 26.0 Å². The monoisotopic (exact) mass is 422 g/mol. The molecular formula is C11H24N2U. The molecule has 0 aromatic rings. The summed E-state index contributed by atoms with van der Waals surface area (Å²) in [6.07, 6.45) is 10.0. The van der Waals surface area contributed by atoms with Gasteiger partial charge >= 0.3 is 31.1 Å². The Labute approximate surface area is 114 Å². The summed E-state index contributed by atoms with van der Waals surface area (Å²) in [5, 5.41) is 5.53. The van der Waals surface area contributed by atoms with Crippen molar-refractivity contribution in [2.75, 3.05) is 7.05 Å². The zero-order valence-corrected chi connectivity index (χ0v) is 14.1. The Morgan fingerprint density at radius 3 is 1.64 bits per heavy atom. The molecule has 2 N–H and O–H groups in total. The molecular weight excluding hydrogens is 398 g/mol. The first-order chi connectivity index (χ1) is 5.83. The minimum atomic E-state index is 0. The zero-order chi connectivity index (χ0) is 9.66. The van der Waals surface area contributed by atoms with Crippen LogP contribution in [0.5, 0.6) is 0 Å². The van der Waals surface area contributed by atoms with E-state index in [1.165, 1.54) is 0 Å². The molecule has 0 saturated carbocycles. The number of nitrogens with one attached hydrogen (secondary N) is 2. The molecule has 0 spiro atoms. The molecule has 2 nitrogen and oxygen atoms in total. The van der Waals surface area contributed by atoms with E-state index in [9.17, 15) is 0 Å². The van der Waals surface area contributed by atoms with Gasteiger partial charge in [-0.25, -0.2) is 0 Å². The van der Waals surface area contributed by atoms with Crippen LogP contribution in [0.15, 0.2) is 24.6 Å². The first-order valence-electron chi connectivity index (χ1n) is 4.33. The molecule has 0 fully saturated rings. The topological polar surface area (TPSA) is 24.1 Å². The third-order valence-electron chi connectivity index (χ3n) is 0.992. The number of hydrogen-bond acceptors (Lipinski definition) is 2. The summed E-state index contributed by atoms with van der Waals surface area (Å²) in [6.45, 7) is 4.18. The molecule has 0 aromatic heterocycles. The van der Waals surface area contributed by atoms with E-state index in [0.29, 0.717) is 0 Å². The van der Waals surface area contributed by atoms with Crippen molar-refractivity contribution >= 4 is 0 Å². The summed E-state index contributed by atoms with van der Waals surface area (Å²) in [4.78, 5) is 0. The van der Waals surface area contributed by atoms with Crippen molar-refractivity contribution in [3.8, 4) is 0 Å². The number of rotatable bonds is 4. The average molecular weight is 422 g/mol. The van der Waals surface area contributed by atoms with E-state index in [1.54, 1.807) is 0 Å². The van der Waals surface area contributed by atoms with Crippen LogP contribution in [-0.2, 0) is 0 Å². The van der Waals surface area contributed by atoms with E-state index in [2.05, 4.69) is 37.6 Å². The molecule has 0 amide bonds. The molecule has 0 saturated heterocycles. The molecule has 3 heteroatoms. The SMILES string of the molecule is CCC=CNC.[CH2-]NC=CCC.[CH3-].[U+2]. The third kappa shape index (κ3) is 40.0. The molecule has 0 aliphatic heterocycles. The van der Waals surface area contributed by atoms with Gasteiger partial charge in [0, 0.05) is 7.05 Å². The van der Waals surface area contributed by atoms with Crippen molar-refractivity contribution in [2.45, 2.75) is 26.7 Å². The maximum Gasteiger partial charge on any atom is 2.00 e. The van der Waals surface area contributed by atoms with Gasteiger partial charge in [0.05, 0.1) is 0 Å². The molecule has 14 heavy (non-hydrogen) atoms. The summed E-state index contributed by atoms with van der Waals surface area (Å²) >= 11 is 0. The Bertz CT molecular complexity index is 85.9. The molecule has 0 aliphatic carbocycles. The summed E-state index contributed by atoms with van der Waals surface area (Å²) in [5.41, 5.74) is 0. The van der Waals surface area contributed by atoms with Gasteiger partial charge in [0.25, 0.3) is 0 Å². The van der Waals surface area contributed by atoms with Gasteiger partial charge in [-0.05, 0) is 25.2 Å². The Morgan fingerprint density at radius 2 is 1.50 bits per heavy atom. The van der Waals surface area contributed by atoms with Crippen molar-refractivity contribution in [3.63, 3.8) is 0 Å². The zero-order valence-electron chi connectivity index (χ0n) is 9.93. The van der Waals surface area contributed by atoms with E-state index in [0.717, 1.165) is 12.8 Å². The van der Waals surface area contributed by atoms with Crippen molar-refractivity contribution in [1.29, 1.82) is 0 Å². The van der Waals surface area contributed by atoms with Crippen LogP contribution in [0.25, 0.3) is 0 Å². The van der Waals surface area contributed by atoms with Gasteiger partial charge in [0.2, 0.25) is 0 Å². The van der Waals surface area contributed by atoms with Gasteiger partial charge in [-0.2, -0.15) is 0 Å². The fourth-order valence-corrected chi connectivity index (χ4v) is 0.437. The summed E-state index contributed by atoms with van der Waals surface area (Å²) < 4.78 is 0. The van der Waals surface area contributed by atoms with Gasteiger partial charge < -0.3 is 18.1 Å². The molecule has 0 atom stereocenters. The second-order valence-electron chi connectivity index (χ2n) is 2.11. The smallest absolute Gasteiger partial charge is 0.544 e. The predicted molar refractivity (Wildman–Crippen MR) is 62.8 cm³/mol. The molecule has 0 aliphatic rings. The molecule has 0 aromatic carbocycles. The maximum absolute atomic E-state index is 3.39. The first kappa shape index (κ1) is 23.7. The summed E-state index contributed by atoms with van der Waals surface area (Å²) in [7, 11) is 5.28. The van der Waals surface area contributed by atoms with Crippen LogP contribution in [-0.4, -0.2) is 7.05 Å². The minimum Gasteiger partial charge on any atom is -0.544 e. The van der Waals surface area contributed by atoms with Gasteiger partial charge in [-0.15, -0.1) is 0 Å². The fourth-order valence-electron chi connectivity index (χ4n) is 0.437. The number of hydrogen-bond donors (Lipinski definition) is 2. The Kier molecular flexibility index (Phi) is 49.6. The second-order valence-corrected chi connectivity index (χ2v) is 2.11. The van der Waals surface area contributed by atoms with Crippen molar-refractivity contribution in [2.24, 2.45) is 0 Å². The van der Waals surface area contributed by atoms with Crippen LogP contribution >= 0.6 is 0 Å². The van der Waals surface area contributed by atoms with Crippen LogP contribution in [0, 0.1) is 45.6 Å². The molecule has 0 unspecified atom stereocenters. The summed E-state index contributed by atoms with van der Waals surface area (Å²) in [6, 6.07) is 0. The van der Waals surface area contributed by atoms with Gasteiger partial charge in [0.15, 0.2) is 0 Å². The second kappa shape index (κ2) is 29.2. The minimum absolute atomic E-state index is 0. The van der Waals surface area contributed by atoms with E-state index in [-0.39, 0.29) is 38.5 Å². The van der Waals surface area contributed by atoms with Crippen LogP contribution in [0.4, 0.5) is 0 Å². The molecule has 0 heterocycles. The summed E-state index contributed by atoms with van der Waals surface area (Å²) in [5.74, 6) is 0. The van der Waals surface area contributed by atoms with E-state index in [1.807, 2.05) is 25.5 Å². The average Bonchev–Trinajstić information content (AvgIpc) is 2.12. The van der Waals surface area contributed by atoms with E-state index in [4.69, 9.17) is 0 Å². The van der Waals surface area contributed by atoms with Crippen LogP contribution < -0.4 is 10.6 Å².